The molecule has 0 radical (unpaired) electrons. The summed E-state index contributed by atoms with van der Waals surface area (Å²) in [5, 5.41) is 3.64. The molecule has 3 aromatic carbocycles. The first-order chi connectivity index (χ1) is 17.8. The van der Waals surface area contributed by atoms with E-state index in [0.29, 0.717) is 17.2 Å². The first-order valence-electron chi connectivity index (χ1n) is 12.6. The number of hydrogen-bond acceptors (Lipinski definition) is 3. The SMILES string of the molecule is CCc1ccc(OCC(=O)N(Cc2cccc(Cl)c2)[C@@H](Cc2ccccc2)C(=O)N[C@@H](C)CC)c(Br)c1. The Morgan fingerprint density at radius 1 is 0.973 bits per heavy atom. The van der Waals surface area contributed by atoms with E-state index in [2.05, 4.69) is 28.2 Å². The Morgan fingerprint density at radius 3 is 2.35 bits per heavy atom. The van der Waals surface area contributed by atoms with Crippen LogP contribution in [-0.2, 0) is 29.0 Å². The summed E-state index contributed by atoms with van der Waals surface area (Å²) in [5.41, 5.74) is 2.97. The standard InChI is InChI=1S/C30H34BrClN2O3/c1-4-21(3)33-30(36)27(18-23-10-7-6-8-11-23)34(19-24-12-9-13-25(32)16-24)29(35)20-37-28-15-14-22(5-2)17-26(28)31/h6-17,21,27H,4-5,18-20H2,1-3H3,(H,33,36)/t21-,27-/m0/s1. The van der Waals surface area contributed by atoms with Crippen LogP contribution in [0, 0.1) is 0 Å². The smallest absolute Gasteiger partial charge is 0.261 e. The molecule has 0 aliphatic heterocycles. The van der Waals surface area contributed by atoms with E-state index in [-0.39, 0.29) is 31.0 Å². The van der Waals surface area contributed by atoms with Gasteiger partial charge in [0.25, 0.3) is 5.91 Å². The predicted molar refractivity (Wildman–Crippen MR) is 153 cm³/mol. The molecule has 0 unspecified atom stereocenters. The average Bonchev–Trinajstić information content (AvgIpc) is 2.90. The minimum atomic E-state index is -0.725. The van der Waals surface area contributed by atoms with Gasteiger partial charge in [0, 0.05) is 24.0 Å². The topological polar surface area (TPSA) is 58.6 Å². The van der Waals surface area contributed by atoms with Crippen LogP contribution in [0.3, 0.4) is 0 Å². The van der Waals surface area contributed by atoms with Crippen LogP contribution in [0.2, 0.25) is 5.02 Å². The molecular weight excluding hydrogens is 552 g/mol. The highest BCUT2D eigenvalue weighted by atomic mass is 79.9. The predicted octanol–water partition coefficient (Wildman–Crippen LogP) is 6.60. The molecule has 3 aromatic rings. The molecule has 7 heteroatoms. The van der Waals surface area contributed by atoms with Crippen molar-refractivity contribution in [2.45, 2.75) is 58.7 Å². The molecule has 37 heavy (non-hydrogen) atoms. The summed E-state index contributed by atoms with van der Waals surface area (Å²) >= 11 is 9.78. The van der Waals surface area contributed by atoms with Crippen molar-refractivity contribution in [1.29, 1.82) is 0 Å². The molecule has 196 valence electrons. The molecule has 0 saturated heterocycles. The quantitative estimate of drug-likeness (QED) is 0.261. The van der Waals surface area contributed by atoms with E-state index >= 15 is 0 Å². The van der Waals surface area contributed by atoms with Gasteiger partial charge in [0.1, 0.15) is 11.8 Å². The Bertz CT molecular complexity index is 1190. The van der Waals surface area contributed by atoms with Crippen LogP contribution in [0.4, 0.5) is 0 Å². The molecule has 0 spiro atoms. The van der Waals surface area contributed by atoms with E-state index in [9.17, 15) is 9.59 Å². The van der Waals surface area contributed by atoms with Gasteiger partial charge in [-0.15, -0.1) is 0 Å². The van der Waals surface area contributed by atoms with Crippen molar-refractivity contribution in [3.8, 4) is 5.75 Å². The summed E-state index contributed by atoms with van der Waals surface area (Å²) < 4.78 is 6.72. The van der Waals surface area contributed by atoms with Crippen molar-refractivity contribution in [2.75, 3.05) is 6.61 Å². The lowest BCUT2D eigenvalue weighted by atomic mass is 10.0. The van der Waals surface area contributed by atoms with Crippen LogP contribution in [0.1, 0.15) is 43.9 Å². The van der Waals surface area contributed by atoms with Crippen molar-refractivity contribution >= 4 is 39.3 Å². The fraction of sp³-hybridized carbons (Fsp3) is 0.333. The largest absolute Gasteiger partial charge is 0.483 e. The van der Waals surface area contributed by atoms with Gasteiger partial charge in [0.05, 0.1) is 4.47 Å². The molecule has 0 fully saturated rings. The summed E-state index contributed by atoms with van der Waals surface area (Å²) in [6, 6.07) is 22.2. The van der Waals surface area contributed by atoms with Gasteiger partial charge in [0.15, 0.2) is 6.61 Å². The van der Waals surface area contributed by atoms with Gasteiger partial charge in [-0.2, -0.15) is 0 Å². The van der Waals surface area contributed by atoms with E-state index in [1.807, 2.05) is 80.6 Å². The van der Waals surface area contributed by atoms with Gasteiger partial charge in [-0.25, -0.2) is 0 Å². The molecule has 0 aromatic heterocycles. The maximum absolute atomic E-state index is 13.7. The normalized spacial score (nSPS) is 12.5. The third kappa shape index (κ3) is 8.61. The van der Waals surface area contributed by atoms with Crippen molar-refractivity contribution < 1.29 is 14.3 Å². The fourth-order valence-corrected chi connectivity index (χ4v) is 4.68. The number of rotatable bonds is 12. The lowest BCUT2D eigenvalue weighted by molar-refractivity contribution is -0.143. The number of amides is 2. The second-order valence-corrected chi connectivity index (χ2v) is 10.4. The van der Waals surface area contributed by atoms with E-state index in [0.717, 1.165) is 34.0 Å². The number of benzene rings is 3. The summed E-state index contributed by atoms with van der Waals surface area (Å²) in [6.45, 7) is 6.08. The van der Waals surface area contributed by atoms with Crippen molar-refractivity contribution in [2.24, 2.45) is 0 Å². The summed E-state index contributed by atoms with van der Waals surface area (Å²) in [5.74, 6) is 0.102. The molecule has 0 saturated carbocycles. The molecule has 0 bridgehead atoms. The number of nitrogens with one attached hydrogen (secondary N) is 1. The number of hydrogen-bond donors (Lipinski definition) is 1. The highest BCUT2D eigenvalue weighted by Gasteiger charge is 2.31. The van der Waals surface area contributed by atoms with Gasteiger partial charge in [-0.3, -0.25) is 9.59 Å². The van der Waals surface area contributed by atoms with Crippen LogP contribution in [0.25, 0.3) is 0 Å². The van der Waals surface area contributed by atoms with Gasteiger partial charge in [0.2, 0.25) is 5.91 Å². The number of nitrogens with zero attached hydrogens (tertiary/aromatic N) is 1. The molecule has 2 amide bonds. The minimum absolute atomic E-state index is 0.0156. The number of aryl methyl sites for hydroxylation is 1. The van der Waals surface area contributed by atoms with Gasteiger partial charge >= 0.3 is 0 Å². The third-order valence-electron chi connectivity index (χ3n) is 6.27. The first-order valence-corrected chi connectivity index (χ1v) is 13.8. The van der Waals surface area contributed by atoms with Gasteiger partial charge < -0.3 is 15.0 Å². The highest BCUT2D eigenvalue weighted by molar-refractivity contribution is 9.10. The van der Waals surface area contributed by atoms with Crippen LogP contribution in [-0.4, -0.2) is 35.4 Å². The van der Waals surface area contributed by atoms with Gasteiger partial charge in [-0.05, 0) is 76.7 Å². The third-order valence-corrected chi connectivity index (χ3v) is 7.12. The molecule has 0 heterocycles. The highest BCUT2D eigenvalue weighted by Crippen LogP contribution is 2.26. The Balaban J connectivity index is 1.92. The second kappa shape index (κ2) is 14.2. The molecule has 0 aliphatic rings. The molecule has 1 N–H and O–H groups in total. The molecule has 2 atom stereocenters. The van der Waals surface area contributed by atoms with Crippen molar-refractivity contribution in [1.82, 2.24) is 10.2 Å². The van der Waals surface area contributed by atoms with Crippen LogP contribution in [0.15, 0.2) is 77.3 Å². The van der Waals surface area contributed by atoms with Crippen LogP contribution < -0.4 is 10.1 Å². The minimum Gasteiger partial charge on any atom is -0.483 e. The molecule has 3 rings (SSSR count). The van der Waals surface area contributed by atoms with E-state index in [4.69, 9.17) is 16.3 Å². The zero-order chi connectivity index (χ0) is 26.8. The van der Waals surface area contributed by atoms with E-state index in [1.54, 1.807) is 11.0 Å². The van der Waals surface area contributed by atoms with Crippen molar-refractivity contribution in [3.63, 3.8) is 0 Å². The molecular formula is C30H34BrClN2O3. The van der Waals surface area contributed by atoms with Crippen LogP contribution >= 0.6 is 27.5 Å². The first kappa shape index (κ1) is 28.7. The monoisotopic (exact) mass is 584 g/mol. The Labute approximate surface area is 233 Å². The maximum Gasteiger partial charge on any atom is 0.261 e. The molecule has 0 aliphatic carbocycles. The van der Waals surface area contributed by atoms with E-state index in [1.165, 1.54) is 0 Å². The fourth-order valence-electron chi connectivity index (χ4n) is 3.93. The van der Waals surface area contributed by atoms with Crippen LogP contribution in [0.5, 0.6) is 5.75 Å². The van der Waals surface area contributed by atoms with E-state index < -0.39 is 6.04 Å². The average molecular weight is 586 g/mol. The number of halogens is 2. The zero-order valence-corrected chi connectivity index (χ0v) is 23.9. The Morgan fingerprint density at radius 2 is 1.70 bits per heavy atom. The lowest BCUT2D eigenvalue weighted by Gasteiger charge is -2.32. The summed E-state index contributed by atoms with van der Waals surface area (Å²) in [7, 11) is 0. The number of carbonyl (C=O) groups is 2. The summed E-state index contributed by atoms with van der Waals surface area (Å²) in [4.78, 5) is 28.8. The molecule has 5 nitrogen and oxygen atoms in total. The zero-order valence-electron chi connectivity index (χ0n) is 21.5. The number of carbonyl (C=O) groups excluding carboxylic acids is 2. The Kier molecular flexibility index (Phi) is 11.0. The van der Waals surface area contributed by atoms with Crippen molar-refractivity contribution in [3.05, 3.63) is 99.0 Å². The maximum atomic E-state index is 13.7. The number of ether oxygens (including phenoxy) is 1. The lowest BCUT2D eigenvalue weighted by Crippen LogP contribution is -2.53. The summed E-state index contributed by atoms with van der Waals surface area (Å²) in [6.07, 6.45) is 2.07. The Hall–Kier alpha value is -2.83. The van der Waals surface area contributed by atoms with Gasteiger partial charge in [-0.1, -0.05) is 74.0 Å². The second-order valence-electron chi connectivity index (χ2n) is 9.08.